The van der Waals surface area contributed by atoms with Crippen molar-refractivity contribution < 1.29 is 24.0 Å². The molecule has 182 valence electrons. The summed E-state index contributed by atoms with van der Waals surface area (Å²) in [5, 5.41) is 24.5. The summed E-state index contributed by atoms with van der Waals surface area (Å²) in [5.74, 6) is -1.03. The Morgan fingerprint density at radius 1 is 1.14 bits per heavy atom. The Kier molecular flexibility index (Phi) is 5.50. The molecule has 0 fully saturated rings. The number of H-pyrrole nitrogens is 1. The maximum Gasteiger partial charge on any atom is 0.279 e. The number of rotatable bonds is 5. The lowest BCUT2D eigenvalue weighted by Crippen LogP contribution is -2.44. The van der Waals surface area contributed by atoms with Crippen LogP contribution in [-0.2, 0) is 12.3 Å². The summed E-state index contributed by atoms with van der Waals surface area (Å²) in [7, 11) is 1.49. The molecule has 0 radical (unpaired) electrons. The fourth-order valence-corrected chi connectivity index (χ4v) is 4.81. The van der Waals surface area contributed by atoms with Crippen LogP contribution < -0.4 is 10.3 Å². The SMILES string of the molecule is COc1ccc(CN2C(=O)c3c(c([N+](=O)[O-])cc4ccc(=O)[nH]c34)C2(O)c2cc(F)ccc2Cl)cc1. The molecule has 1 unspecified atom stereocenters. The van der Waals surface area contributed by atoms with Gasteiger partial charge in [-0.05, 0) is 42.0 Å². The number of pyridine rings is 1. The van der Waals surface area contributed by atoms with Crippen molar-refractivity contribution in [2.45, 2.75) is 12.3 Å². The molecule has 11 heteroatoms. The highest BCUT2D eigenvalue weighted by Crippen LogP contribution is 2.50. The molecule has 0 saturated heterocycles. The molecule has 1 atom stereocenters. The summed E-state index contributed by atoms with van der Waals surface area (Å²) in [5.41, 5.74) is -4.05. The average molecular weight is 510 g/mol. The summed E-state index contributed by atoms with van der Waals surface area (Å²) in [6.45, 7) is -0.226. The predicted octanol–water partition coefficient (Wildman–Crippen LogP) is 4.09. The minimum absolute atomic E-state index is 0.0104. The van der Waals surface area contributed by atoms with Crippen LogP contribution in [0.1, 0.15) is 27.0 Å². The first kappa shape index (κ1) is 23.5. The number of fused-ring (bicyclic) bond motifs is 3. The zero-order chi connectivity index (χ0) is 25.8. The van der Waals surface area contributed by atoms with Crippen LogP contribution in [0.3, 0.4) is 0 Å². The van der Waals surface area contributed by atoms with Crippen LogP contribution in [0.25, 0.3) is 10.9 Å². The highest BCUT2D eigenvalue weighted by atomic mass is 35.5. The van der Waals surface area contributed by atoms with Crippen molar-refractivity contribution in [1.29, 1.82) is 0 Å². The number of nitrogens with zero attached hydrogens (tertiary/aromatic N) is 2. The van der Waals surface area contributed by atoms with Gasteiger partial charge >= 0.3 is 0 Å². The van der Waals surface area contributed by atoms with Crippen LogP contribution in [0.5, 0.6) is 5.75 Å². The van der Waals surface area contributed by atoms with Gasteiger partial charge in [-0.3, -0.25) is 24.6 Å². The van der Waals surface area contributed by atoms with Gasteiger partial charge in [-0.15, -0.1) is 0 Å². The van der Waals surface area contributed by atoms with Crippen LogP contribution in [0, 0.1) is 15.9 Å². The number of ether oxygens (including phenoxy) is 1. The number of benzene rings is 3. The summed E-state index contributed by atoms with van der Waals surface area (Å²) in [6.07, 6.45) is 0. The zero-order valence-electron chi connectivity index (χ0n) is 18.6. The van der Waals surface area contributed by atoms with Gasteiger partial charge in [-0.25, -0.2) is 4.39 Å². The van der Waals surface area contributed by atoms with Gasteiger partial charge in [0, 0.05) is 34.6 Å². The monoisotopic (exact) mass is 509 g/mol. The predicted molar refractivity (Wildman–Crippen MR) is 128 cm³/mol. The number of hydrogen-bond acceptors (Lipinski definition) is 6. The van der Waals surface area contributed by atoms with E-state index in [1.54, 1.807) is 24.3 Å². The number of aromatic amines is 1. The van der Waals surface area contributed by atoms with Crippen molar-refractivity contribution in [3.05, 3.63) is 114 Å². The van der Waals surface area contributed by atoms with E-state index in [0.717, 1.165) is 23.1 Å². The van der Waals surface area contributed by atoms with Crippen molar-refractivity contribution in [1.82, 2.24) is 9.88 Å². The molecular formula is C25H17ClFN3O6. The molecule has 9 nitrogen and oxygen atoms in total. The highest BCUT2D eigenvalue weighted by Gasteiger charge is 2.56. The van der Waals surface area contributed by atoms with Crippen LogP contribution in [0.4, 0.5) is 10.1 Å². The number of hydrogen-bond donors (Lipinski definition) is 2. The minimum Gasteiger partial charge on any atom is -0.497 e. The van der Waals surface area contributed by atoms with Crippen molar-refractivity contribution in [3.8, 4) is 5.75 Å². The van der Waals surface area contributed by atoms with Crippen LogP contribution >= 0.6 is 11.6 Å². The molecule has 2 heterocycles. The number of nitro groups is 1. The fraction of sp³-hybridized carbons (Fsp3) is 0.120. The molecule has 1 aliphatic heterocycles. The van der Waals surface area contributed by atoms with Crippen LogP contribution in [-0.4, -0.2) is 32.9 Å². The number of halogens is 2. The minimum atomic E-state index is -2.53. The molecule has 3 aromatic carbocycles. The quantitative estimate of drug-likeness (QED) is 0.308. The average Bonchev–Trinajstić information content (AvgIpc) is 3.08. The molecule has 36 heavy (non-hydrogen) atoms. The first-order chi connectivity index (χ1) is 17.1. The third-order valence-corrected chi connectivity index (χ3v) is 6.53. The van der Waals surface area contributed by atoms with Crippen LogP contribution in [0.2, 0.25) is 5.02 Å². The Bertz CT molecular complexity index is 1620. The fourth-order valence-electron chi connectivity index (χ4n) is 4.56. The van der Waals surface area contributed by atoms with E-state index < -0.39 is 39.2 Å². The summed E-state index contributed by atoms with van der Waals surface area (Å²) >= 11 is 6.35. The third kappa shape index (κ3) is 3.50. The van der Waals surface area contributed by atoms with E-state index in [2.05, 4.69) is 4.98 Å². The Morgan fingerprint density at radius 2 is 1.86 bits per heavy atom. The third-order valence-electron chi connectivity index (χ3n) is 6.20. The van der Waals surface area contributed by atoms with Gasteiger partial charge in [-0.1, -0.05) is 23.7 Å². The van der Waals surface area contributed by atoms with E-state index >= 15 is 0 Å². The second-order valence-electron chi connectivity index (χ2n) is 8.23. The Morgan fingerprint density at radius 3 is 2.53 bits per heavy atom. The molecule has 1 aliphatic rings. The second-order valence-corrected chi connectivity index (χ2v) is 8.63. The van der Waals surface area contributed by atoms with Crippen LogP contribution in [0.15, 0.2) is 65.5 Å². The van der Waals surface area contributed by atoms with E-state index in [1.165, 1.54) is 25.3 Å². The zero-order valence-corrected chi connectivity index (χ0v) is 19.4. The molecule has 0 bridgehead atoms. The van der Waals surface area contributed by atoms with Gasteiger partial charge in [0.2, 0.25) is 11.3 Å². The van der Waals surface area contributed by atoms with Crippen molar-refractivity contribution >= 4 is 34.1 Å². The number of aliphatic hydroxyl groups is 1. The first-order valence-electron chi connectivity index (χ1n) is 10.6. The van der Waals surface area contributed by atoms with E-state index in [-0.39, 0.29) is 33.6 Å². The van der Waals surface area contributed by atoms with Gasteiger partial charge in [0.15, 0.2) is 0 Å². The Hall–Kier alpha value is -4.28. The Labute approximate surface area is 207 Å². The number of methoxy groups -OCH3 is 1. The second kappa shape index (κ2) is 8.43. The van der Waals surface area contributed by atoms with Gasteiger partial charge < -0.3 is 14.8 Å². The number of nitro benzene ring substituents is 1. The summed E-state index contributed by atoms with van der Waals surface area (Å²) in [6, 6.07) is 13.4. The lowest BCUT2D eigenvalue weighted by Gasteiger charge is -2.35. The van der Waals surface area contributed by atoms with E-state index in [0.29, 0.717) is 11.3 Å². The van der Waals surface area contributed by atoms with E-state index in [1.807, 2.05) is 0 Å². The molecule has 4 aromatic rings. The van der Waals surface area contributed by atoms with Crippen molar-refractivity contribution in [3.63, 3.8) is 0 Å². The first-order valence-corrected chi connectivity index (χ1v) is 11.0. The van der Waals surface area contributed by atoms with Gasteiger partial charge in [-0.2, -0.15) is 0 Å². The summed E-state index contributed by atoms with van der Waals surface area (Å²) in [4.78, 5) is 40.9. The van der Waals surface area contributed by atoms with E-state index in [9.17, 15) is 29.2 Å². The topological polar surface area (TPSA) is 126 Å². The lowest BCUT2D eigenvalue weighted by molar-refractivity contribution is -0.386. The lowest BCUT2D eigenvalue weighted by atomic mass is 9.90. The summed E-state index contributed by atoms with van der Waals surface area (Å²) < 4.78 is 19.5. The molecule has 0 spiro atoms. The smallest absolute Gasteiger partial charge is 0.279 e. The molecule has 1 aromatic heterocycles. The molecule has 5 rings (SSSR count). The number of amides is 1. The number of carbonyl (C=O) groups excluding carboxylic acids is 1. The molecule has 0 saturated carbocycles. The Balaban J connectivity index is 1.86. The van der Waals surface area contributed by atoms with Gasteiger partial charge in [0.25, 0.3) is 11.6 Å². The van der Waals surface area contributed by atoms with Gasteiger partial charge in [0.05, 0.1) is 23.1 Å². The largest absolute Gasteiger partial charge is 0.497 e. The highest BCUT2D eigenvalue weighted by molar-refractivity contribution is 6.31. The standard InChI is InChI=1S/C25H17ClFN3O6/c1-36-16-6-2-13(3-7-16)12-29-24(32)21-22(25(29,33)17-11-15(27)5-8-18(17)26)19(30(34)35)10-14-4-9-20(31)28-23(14)21/h2-11,33H,12H2,1H3,(H,28,31). The molecule has 0 aliphatic carbocycles. The maximum absolute atomic E-state index is 14.4. The normalized spacial score (nSPS) is 16.9. The van der Waals surface area contributed by atoms with Gasteiger partial charge in [0.1, 0.15) is 17.1 Å². The number of carbonyl (C=O) groups is 1. The number of aromatic nitrogens is 1. The maximum atomic E-state index is 14.4. The number of nitrogens with one attached hydrogen (secondary N) is 1. The van der Waals surface area contributed by atoms with E-state index in [4.69, 9.17) is 16.3 Å². The van der Waals surface area contributed by atoms with Crippen molar-refractivity contribution in [2.24, 2.45) is 0 Å². The molecule has 1 amide bonds. The molecular weight excluding hydrogens is 493 g/mol. The molecule has 2 N–H and O–H groups in total. The van der Waals surface area contributed by atoms with Crippen molar-refractivity contribution in [2.75, 3.05) is 7.11 Å².